The molecule has 1 saturated carbocycles. The molecular formula is C36H33BrF2N2O3. The van der Waals surface area contributed by atoms with E-state index in [1.54, 1.807) is 26.8 Å². The molecule has 7 rings (SSSR count). The lowest BCUT2D eigenvalue weighted by atomic mass is 9.57. The van der Waals surface area contributed by atoms with E-state index in [0.717, 1.165) is 10.0 Å². The summed E-state index contributed by atoms with van der Waals surface area (Å²) in [7, 11) is 0. The number of benzene rings is 3. The summed E-state index contributed by atoms with van der Waals surface area (Å²) in [6.45, 7) is 7.25. The summed E-state index contributed by atoms with van der Waals surface area (Å²) in [6.07, 6.45) is 3.03. The average Bonchev–Trinajstić information content (AvgIpc) is 2.97. The largest absolute Gasteiger partial charge is 0.459 e. The number of aromatic nitrogens is 1. The summed E-state index contributed by atoms with van der Waals surface area (Å²) in [6, 6.07) is 18.9. The predicted octanol–water partition coefficient (Wildman–Crippen LogP) is 8.72. The van der Waals surface area contributed by atoms with Gasteiger partial charge in [0.15, 0.2) is 0 Å². The van der Waals surface area contributed by atoms with Crippen molar-refractivity contribution in [3.05, 3.63) is 106 Å². The van der Waals surface area contributed by atoms with Crippen LogP contribution in [0.4, 0.5) is 8.78 Å². The van der Waals surface area contributed by atoms with Gasteiger partial charge in [-0.05, 0) is 94.8 Å². The number of esters is 1. The molecule has 3 aliphatic carbocycles. The van der Waals surface area contributed by atoms with Crippen molar-refractivity contribution in [1.29, 1.82) is 0 Å². The van der Waals surface area contributed by atoms with Gasteiger partial charge in [-0.1, -0.05) is 58.4 Å². The Bertz CT molecular complexity index is 1820. The third-order valence-electron chi connectivity index (χ3n) is 8.79. The fourth-order valence-corrected chi connectivity index (χ4v) is 6.99. The fraction of sp³-hybridized carbons (Fsp3) is 0.306. The first-order valence-electron chi connectivity index (χ1n) is 14.7. The standard InChI is InChI=1S/C36H33BrF2N2O3/c1-21-29(24-19-23(37)13-14-28(24)40-31(21)22-9-6-5-7-10-22)32(42)41-36-17-15-35(16-18-36,33(43)44-34(2,3)4)20-25(36)30-26(38)11-8-12-27(30)39/h5-14,19-20H,15-18H2,1-4H3,(H,41,42). The Kier molecular flexibility index (Phi) is 7.47. The van der Waals surface area contributed by atoms with Gasteiger partial charge in [0.05, 0.1) is 33.3 Å². The smallest absolute Gasteiger partial charge is 0.316 e. The van der Waals surface area contributed by atoms with Gasteiger partial charge in [-0.25, -0.2) is 13.8 Å². The van der Waals surface area contributed by atoms with Crippen LogP contribution in [-0.2, 0) is 9.53 Å². The molecule has 1 amide bonds. The Labute approximate surface area is 263 Å². The van der Waals surface area contributed by atoms with E-state index in [4.69, 9.17) is 9.72 Å². The molecule has 1 fully saturated rings. The number of fused-ring (bicyclic) bond motifs is 3. The molecular weight excluding hydrogens is 626 g/mol. The molecule has 0 aliphatic heterocycles. The lowest BCUT2D eigenvalue weighted by molar-refractivity contribution is -0.167. The maximum Gasteiger partial charge on any atom is 0.316 e. The number of carbonyl (C=O) groups excluding carboxylic acids is 2. The van der Waals surface area contributed by atoms with E-state index in [1.165, 1.54) is 18.2 Å². The zero-order valence-corrected chi connectivity index (χ0v) is 26.6. The van der Waals surface area contributed by atoms with Gasteiger partial charge in [-0.3, -0.25) is 9.59 Å². The summed E-state index contributed by atoms with van der Waals surface area (Å²) in [5.41, 5.74) is 0.471. The number of pyridine rings is 1. The number of hydrogen-bond acceptors (Lipinski definition) is 4. The zero-order valence-electron chi connectivity index (χ0n) is 25.1. The van der Waals surface area contributed by atoms with Crippen LogP contribution >= 0.6 is 15.9 Å². The van der Waals surface area contributed by atoms with Crippen LogP contribution in [0, 0.1) is 24.0 Å². The predicted molar refractivity (Wildman–Crippen MR) is 171 cm³/mol. The Morgan fingerprint density at radius 2 is 1.59 bits per heavy atom. The highest BCUT2D eigenvalue weighted by Crippen LogP contribution is 2.56. The van der Waals surface area contributed by atoms with Crippen LogP contribution in [0.25, 0.3) is 27.7 Å². The number of nitrogens with one attached hydrogen (secondary N) is 1. The molecule has 2 bridgehead atoms. The fourth-order valence-electron chi connectivity index (χ4n) is 6.63. The summed E-state index contributed by atoms with van der Waals surface area (Å²) < 4.78 is 37.4. The lowest BCUT2D eigenvalue weighted by Crippen LogP contribution is -2.58. The van der Waals surface area contributed by atoms with Crippen molar-refractivity contribution in [2.45, 2.75) is 64.5 Å². The quantitative estimate of drug-likeness (QED) is 0.218. The second-order valence-electron chi connectivity index (χ2n) is 12.8. The van der Waals surface area contributed by atoms with Gasteiger partial charge in [-0.2, -0.15) is 0 Å². The Balaban J connectivity index is 1.50. The number of carbonyl (C=O) groups is 2. The first-order chi connectivity index (χ1) is 20.8. The number of nitrogens with zero attached hydrogens (tertiary/aromatic N) is 1. The average molecular weight is 660 g/mol. The van der Waals surface area contributed by atoms with Gasteiger partial charge in [0, 0.05) is 15.4 Å². The Morgan fingerprint density at radius 1 is 0.932 bits per heavy atom. The van der Waals surface area contributed by atoms with Gasteiger partial charge in [-0.15, -0.1) is 0 Å². The van der Waals surface area contributed by atoms with Crippen molar-refractivity contribution in [2.24, 2.45) is 5.41 Å². The van der Waals surface area contributed by atoms with Crippen molar-refractivity contribution >= 4 is 44.3 Å². The van der Waals surface area contributed by atoms with Gasteiger partial charge in [0.2, 0.25) is 0 Å². The van der Waals surface area contributed by atoms with Gasteiger partial charge in [0.1, 0.15) is 17.2 Å². The molecule has 1 aromatic heterocycles. The van der Waals surface area contributed by atoms with E-state index in [0.29, 0.717) is 53.4 Å². The van der Waals surface area contributed by atoms with Crippen molar-refractivity contribution in [2.75, 3.05) is 0 Å². The normalized spacial score (nSPS) is 21.2. The van der Waals surface area contributed by atoms with Gasteiger partial charge >= 0.3 is 5.97 Å². The van der Waals surface area contributed by atoms with Gasteiger partial charge < -0.3 is 10.1 Å². The van der Waals surface area contributed by atoms with E-state index < -0.39 is 34.2 Å². The summed E-state index contributed by atoms with van der Waals surface area (Å²) >= 11 is 3.53. The van der Waals surface area contributed by atoms with Gasteiger partial charge in [0.25, 0.3) is 5.91 Å². The van der Waals surface area contributed by atoms with E-state index in [1.807, 2.05) is 55.5 Å². The molecule has 5 nitrogen and oxygen atoms in total. The molecule has 0 atom stereocenters. The summed E-state index contributed by atoms with van der Waals surface area (Å²) in [5, 5.41) is 3.89. The maximum absolute atomic E-state index is 15.4. The van der Waals surface area contributed by atoms with E-state index in [9.17, 15) is 9.59 Å². The molecule has 4 aromatic rings. The topological polar surface area (TPSA) is 68.3 Å². The highest BCUT2D eigenvalue weighted by Gasteiger charge is 2.55. The van der Waals surface area contributed by atoms with Crippen LogP contribution in [0.1, 0.15) is 67.9 Å². The van der Waals surface area contributed by atoms with Crippen molar-refractivity contribution in [1.82, 2.24) is 10.3 Å². The van der Waals surface area contributed by atoms with Crippen LogP contribution in [0.15, 0.2) is 77.3 Å². The second-order valence-corrected chi connectivity index (χ2v) is 13.8. The van der Waals surface area contributed by atoms with Crippen molar-refractivity contribution in [3.63, 3.8) is 0 Å². The minimum absolute atomic E-state index is 0.232. The Hall–Kier alpha value is -3.91. The van der Waals surface area contributed by atoms with E-state index in [-0.39, 0.29) is 17.0 Å². The second kappa shape index (κ2) is 10.9. The molecule has 1 N–H and O–H groups in total. The maximum atomic E-state index is 15.4. The molecule has 226 valence electrons. The van der Waals surface area contributed by atoms with Crippen LogP contribution < -0.4 is 5.32 Å². The molecule has 0 saturated heterocycles. The molecule has 44 heavy (non-hydrogen) atoms. The highest BCUT2D eigenvalue weighted by atomic mass is 79.9. The van der Waals surface area contributed by atoms with Crippen molar-refractivity contribution in [3.8, 4) is 11.3 Å². The number of rotatable bonds is 5. The Morgan fingerprint density at radius 3 is 2.23 bits per heavy atom. The molecule has 3 aliphatic rings. The SMILES string of the molecule is Cc1c(-c2ccccc2)nc2ccc(Br)cc2c1C(=O)NC12CCC(C(=O)OC(C)(C)C)(C=C1c1c(F)cccc1F)CC2. The number of amides is 1. The molecule has 8 heteroatoms. The van der Waals surface area contributed by atoms with E-state index >= 15 is 8.78 Å². The molecule has 3 aromatic carbocycles. The third kappa shape index (κ3) is 5.23. The zero-order chi connectivity index (χ0) is 31.4. The molecule has 0 spiro atoms. The lowest BCUT2D eigenvalue weighted by Gasteiger charge is -2.51. The molecule has 0 unspecified atom stereocenters. The molecule has 1 heterocycles. The number of halogens is 3. The number of ether oxygens (including phenoxy) is 1. The first kappa shape index (κ1) is 30.1. The van der Waals surface area contributed by atoms with Crippen LogP contribution in [-0.4, -0.2) is 28.0 Å². The van der Waals surface area contributed by atoms with Crippen LogP contribution in [0.2, 0.25) is 0 Å². The van der Waals surface area contributed by atoms with Crippen molar-refractivity contribution < 1.29 is 23.1 Å². The monoisotopic (exact) mass is 658 g/mol. The minimum Gasteiger partial charge on any atom is -0.459 e. The number of hydrogen-bond donors (Lipinski definition) is 1. The highest BCUT2D eigenvalue weighted by molar-refractivity contribution is 9.10. The summed E-state index contributed by atoms with van der Waals surface area (Å²) in [4.78, 5) is 32.9. The van der Waals surface area contributed by atoms with Crippen LogP contribution in [0.3, 0.4) is 0 Å². The van der Waals surface area contributed by atoms with E-state index in [2.05, 4.69) is 21.2 Å². The molecule has 0 radical (unpaired) electrons. The first-order valence-corrected chi connectivity index (χ1v) is 15.5. The summed E-state index contributed by atoms with van der Waals surface area (Å²) in [5.74, 6) is -2.30. The van der Waals surface area contributed by atoms with Crippen LogP contribution in [0.5, 0.6) is 0 Å². The third-order valence-corrected chi connectivity index (χ3v) is 9.28. The minimum atomic E-state index is -1.11.